The molecule has 3 rings (SSSR count). The minimum Gasteiger partial charge on any atom is -0.463 e. The Balaban J connectivity index is 1.80. The highest BCUT2D eigenvalue weighted by Crippen LogP contribution is 2.40. The first-order chi connectivity index (χ1) is 9.12. The molecule has 0 radical (unpaired) electrons. The largest absolute Gasteiger partial charge is 0.463 e. The summed E-state index contributed by atoms with van der Waals surface area (Å²) in [5.74, 6) is 0.132. The van der Waals surface area contributed by atoms with Crippen LogP contribution in [-0.2, 0) is 10.3 Å². The molecular weight excluding hydrogens is 246 g/mol. The summed E-state index contributed by atoms with van der Waals surface area (Å²) < 4.78 is 10.1. The highest BCUT2D eigenvalue weighted by molar-refractivity contribution is 5.86. The highest BCUT2D eigenvalue weighted by atomic mass is 16.5. The Morgan fingerprint density at radius 2 is 2.37 bits per heavy atom. The van der Waals surface area contributed by atoms with Crippen LogP contribution in [0.4, 0.5) is 0 Å². The molecule has 5 heteroatoms. The van der Waals surface area contributed by atoms with E-state index in [0.29, 0.717) is 24.6 Å². The first-order valence-electron chi connectivity index (χ1n) is 6.77. The van der Waals surface area contributed by atoms with Crippen LogP contribution < -0.4 is 0 Å². The molecule has 0 aromatic carbocycles. The Morgan fingerprint density at radius 1 is 1.53 bits per heavy atom. The van der Waals surface area contributed by atoms with E-state index in [1.165, 1.54) is 13.5 Å². The Hall–Kier alpha value is -1.33. The molecule has 0 aliphatic carbocycles. The van der Waals surface area contributed by atoms with E-state index in [-0.39, 0.29) is 5.76 Å². The van der Waals surface area contributed by atoms with E-state index in [1.807, 2.05) is 0 Å². The number of esters is 1. The van der Waals surface area contributed by atoms with Crippen molar-refractivity contribution in [2.24, 2.45) is 0 Å². The summed E-state index contributed by atoms with van der Waals surface area (Å²) in [6.45, 7) is 2.02. The number of hydrogen-bond acceptors (Lipinski definition) is 5. The molecule has 0 bridgehead atoms. The molecule has 3 heterocycles. The van der Waals surface area contributed by atoms with Gasteiger partial charge in [0.25, 0.3) is 0 Å². The third kappa shape index (κ3) is 2.17. The van der Waals surface area contributed by atoms with Crippen molar-refractivity contribution in [3.63, 3.8) is 0 Å². The normalized spacial score (nSPS) is 31.2. The van der Waals surface area contributed by atoms with Gasteiger partial charge in [0.05, 0.1) is 7.11 Å². The average Bonchev–Trinajstić information content (AvgIpc) is 3.05. The molecule has 1 N–H and O–H groups in total. The number of piperidine rings is 1. The Morgan fingerprint density at radius 3 is 3.16 bits per heavy atom. The van der Waals surface area contributed by atoms with E-state index in [0.717, 1.165) is 19.5 Å². The number of fused-ring (bicyclic) bond motifs is 1. The second-order valence-electron chi connectivity index (χ2n) is 5.47. The standard InChI is InChI=1S/C14H19NO4/c1-18-13(16)11-4-5-12(19-11)14(17)6-8-15-7-2-3-10(15)9-14/h4-5,10,17H,2-3,6-9H2,1H3. The van der Waals surface area contributed by atoms with Crippen LogP contribution in [0.2, 0.25) is 0 Å². The molecule has 0 saturated carbocycles. The number of ether oxygens (including phenoxy) is 1. The Bertz CT molecular complexity index is 484. The third-order valence-electron chi connectivity index (χ3n) is 4.34. The molecule has 0 amide bonds. The minimum absolute atomic E-state index is 0.153. The van der Waals surface area contributed by atoms with Crippen LogP contribution in [0.5, 0.6) is 0 Å². The van der Waals surface area contributed by atoms with Gasteiger partial charge in [-0.15, -0.1) is 0 Å². The molecule has 2 unspecified atom stereocenters. The molecule has 2 aliphatic rings. The van der Waals surface area contributed by atoms with Crippen molar-refractivity contribution in [2.45, 2.75) is 37.3 Å². The molecule has 0 spiro atoms. The van der Waals surface area contributed by atoms with Crippen LogP contribution in [0, 0.1) is 0 Å². The van der Waals surface area contributed by atoms with Crippen LogP contribution >= 0.6 is 0 Å². The van der Waals surface area contributed by atoms with Gasteiger partial charge in [-0.25, -0.2) is 4.79 Å². The predicted octanol–water partition coefficient (Wildman–Crippen LogP) is 1.51. The lowest BCUT2D eigenvalue weighted by Crippen LogP contribution is -2.45. The predicted molar refractivity (Wildman–Crippen MR) is 67.8 cm³/mol. The van der Waals surface area contributed by atoms with Gasteiger partial charge < -0.3 is 19.2 Å². The van der Waals surface area contributed by atoms with Crippen LogP contribution in [0.3, 0.4) is 0 Å². The molecule has 2 atom stereocenters. The third-order valence-corrected chi connectivity index (χ3v) is 4.34. The summed E-state index contributed by atoms with van der Waals surface area (Å²) in [5.41, 5.74) is -0.947. The van der Waals surface area contributed by atoms with Crippen molar-refractivity contribution in [3.05, 3.63) is 23.7 Å². The summed E-state index contributed by atoms with van der Waals surface area (Å²) in [7, 11) is 1.32. The summed E-state index contributed by atoms with van der Waals surface area (Å²) >= 11 is 0. The smallest absolute Gasteiger partial charge is 0.373 e. The lowest BCUT2D eigenvalue weighted by molar-refractivity contribution is -0.0563. The zero-order valence-electron chi connectivity index (χ0n) is 11.1. The highest BCUT2D eigenvalue weighted by Gasteiger charge is 2.43. The number of rotatable bonds is 2. The van der Waals surface area contributed by atoms with Gasteiger partial charge in [-0.1, -0.05) is 0 Å². The van der Waals surface area contributed by atoms with E-state index in [2.05, 4.69) is 9.64 Å². The maximum Gasteiger partial charge on any atom is 0.373 e. The number of methoxy groups -OCH3 is 1. The maximum absolute atomic E-state index is 11.4. The van der Waals surface area contributed by atoms with Crippen molar-refractivity contribution in [3.8, 4) is 0 Å². The van der Waals surface area contributed by atoms with Crippen LogP contribution in [-0.4, -0.2) is 42.2 Å². The minimum atomic E-state index is -0.947. The van der Waals surface area contributed by atoms with E-state index in [4.69, 9.17) is 4.42 Å². The van der Waals surface area contributed by atoms with E-state index >= 15 is 0 Å². The van der Waals surface area contributed by atoms with Crippen molar-refractivity contribution in [2.75, 3.05) is 20.2 Å². The Kier molecular flexibility index (Phi) is 3.11. The first-order valence-corrected chi connectivity index (χ1v) is 6.77. The molecule has 1 aromatic rings. The fourth-order valence-corrected chi connectivity index (χ4v) is 3.26. The van der Waals surface area contributed by atoms with Gasteiger partial charge in [0.1, 0.15) is 11.4 Å². The van der Waals surface area contributed by atoms with Gasteiger partial charge in [-0.05, 0) is 44.4 Å². The fourth-order valence-electron chi connectivity index (χ4n) is 3.26. The monoisotopic (exact) mass is 265 g/mol. The van der Waals surface area contributed by atoms with Gasteiger partial charge in [0.2, 0.25) is 5.76 Å². The lowest BCUT2D eigenvalue weighted by Gasteiger charge is -2.39. The van der Waals surface area contributed by atoms with Gasteiger partial charge >= 0.3 is 5.97 Å². The van der Waals surface area contributed by atoms with E-state index in [9.17, 15) is 9.90 Å². The van der Waals surface area contributed by atoms with Crippen LogP contribution in [0.25, 0.3) is 0 Å². The van der Waals surface area contributed by atoms with Gasteiger partial charge in [-0.3, -0.25) is 0 Å². The quantitative estimate of drug-likeness (QED) is 0.821. The second kappa shape index (κ2) is 4.65. The summed E-state index contributed by atoms with van der Waals surface area (Å²) in [6, 6.07) is 3.70. The van der Waals surface area contributed by atoms with Crippen LogP contribution in [0.1, 0.15) is 42.0 Å². The van der Waals surface area contributed by atoms with Crippen molar-refractivity contribution < 1.29 is 19.1 Å². The summed E-state index contributed by atoms with van der Waals surface area (Å²) in [6.07, 6.45) is 3.66. The van der Waals surface area contributed by atoms with Crippen molar-refractivity contribution >= 4 is 5.97 Å². The zero-order valence-corrected chi connectivity index (χ0v) is 11.1. The first kappa shape index (κ1) is 12.7. The van der Waals surface area contributed by atoms with Crippen molar-refractivity contribution in [1.82, 2.24) is 4.90 Å². The van der Waals surface area contributed by atoms with Gasteiger partial charge in [-0.2, -0.15) is 0 Å². The van der Waals surface area contributed by atoms with Crippen LogP contribution in [0.15, 0.2) is 16.5 Å². The molecule has 2 saturated heterocycles. The molecular formula is C14H19NO4. The number of carbonyl (C=O) groups is 1. The van der Waals surface area contributed by atoms with Gasteiger partial charge in [0.15, 0.2) is 0 Å². The fraction of sp³-hybridized carbons (Fsp3) is 0.643. The van der Waals surface area contributed by atoms with E-state index < -0.39 is 11.6 Å². The molecule has 2 aliphatic heterocycles. The Labute approximate surface area is 112 Å². The average molecular weight is 265 g/mol. The maximum atomic E-state index is 11.4. The second-order valence-corrected chi connectivity index (χ2v) is 5.47. The molecule has 5 nitrogen and oxygen atoms in total. The SMILES string of the molecule is COC(=O)c1ccc(C2(O)CCN3CCCC3C2)o1. The number of aliphatic hydroxyl groups is 1. The van der Waals surface area contributed by atoms with Gasteiger partial charge in [0, 0.05) is 12.6 Å². The molecule has 19 heavy (non-hydrogen) atoms. The summed E-state index contributed by atoms with van der Waals surface area (Å²) in [4.78, 5) is 13.8. The molecule has 1 aromatic heterocycles. The zero-order chi connectivity index (χ0) is 13.5. The number of furan rings is 1. The topological polar surface area (TPSA) is 62.9 Å². The number of hydrogen-bond donors (Lipinski definition) is 1. The number of nitrogens with zero attached hydrogens (tertiary/aromatic N) is 1. The van der Waals surface area contributed by atoms with E-state index in [1.54, 1.807) is 12.1 Å². The lowest BCUT2D eigenvalue weighted by atomic mass is 9.85. The molecule has 2 fully saturated rings. The number of carbonyl (C=O) groups excluding carboxylic acids is 1. The molecule has 104 valence electrons. The summed E-state index contributed by atoms with van der Waals surface area (Å²) in [5, 5.41) is 10.8. The van der Waals surface area contributed by atoms with Crippen molar-refractivity contribution in [1.29, 1.82) is 0 Å².